The second-order valence-corrected chi connectivity index (χ2v) is 3.48. The van der Waals surface area contributed by atoms with Gasteiger partial charge >= 0.3 is 0 Å². The van der Waals surface area contributed by atoms with Gasteiger partial charge in [-0.25, -0.2) is 9.97 Å². The molecule has 0 atom stereocenters. The summed E-state index contributed by atoms with van der Waals surface area (Å²) < 4.78 is 1.92. The summed E-state index contributed by atoms with van der Waals surface area (Å²) in [4.78, 5) is 8.43. The first-order valence-corrected chi connectivity index (χ1v) is 4.89. The van der Waals surface area contributed by atoms with Crippen LogP contribution in [0.2, 0.25) is 0 Å². The van der Waals surface area contributed by atoms with Crippen molar-refractivity contribution in [1.82, 2.24) is 19.9 Å². The first-order valence-electron chi connectivity index (χ1n) is 4.89. The molecule has 2 aromatic rings. The molecule has 78 valence electrons. The van der Waals surface area contributed by atoms with E-state index in [1.54, 1.807) is 12.5 Å². The Morgan fingerprint density at radius 2 is 2.33 bits per heavy atom. The van der Waals surface area contributed by atoms with Crippen LogP contribution in [-0.2, 0) is 6.54 Å². The zero-order chi connectivity index (χ0) is 10.7. The van der Waals surface area contributed by atoms with Gasteiger partial charge in [0, 0.05) is 25.1 Å². The number of hydrogen-bond donors (Lipinski definition) is 1. The predicted molar refractivity (Wildman–Crippen MR) is 58.9 cm³/mol. The Morgan fingerprint density at radius 3 is 2.93 bits per heavy atom. The first-order chi connectivity index (χ1) is 7.31. The highest BCUT2D eigenvalue weighted by Crippen LogP contribution is 2.11. The Balaban J connectivity index is 2.35. The van der Waals surface area contributed by atoms with Gasteiger partial charge in [0.05, 0.1) is 0 Å². The fourth-order valence-electron chi connectivity index (χ4n) is 1.58. The minimum absolute atomic E-state index is 0.845. The molecule has 0 saturated carbocycles. The average Bonchev–Trinajstić information content (AvgIpc) is 2.71. The van der Waals surface area contributed by atoms with Gasteiger partial charge in [-0.15, -0.1) is 0 Å². The van der Waals surface area contributed by atoms with Crippen molar-refractivity contribution in [3.63, 3.8) is 0 Å². The molecule has 4 nitrogen and oxygen atoms in total. The standard InChI is InChI=1S/C11H14N4/c1-9-5-10(6-12-2)7-14-11(9)15-4-3-13-8-15/h3-5,7-8,12H,6H2,1-2H3. The summed E-state index contributed by atoms with van der Waals surface area (Å²) in [5, 5.41) is 3.11. The topological polar surface area (TPSA) is 42.7 Å². The van der Waals surface area contributed by atoms with E-state index in [1.165, 1.54) is 5.56 Å². The van der Waals surface area contributed by atoms with E-state index >= 15 is 0 Å². The second kappa shape index (κ2) is 4.23. The van der Waals surface area contributed by atoms with E-state index < -0.39 is 0 Å². The Kier molecular flexibility index (Phi) is 2.78. The first kappa shape index (κ1) is 9.86. The molecular weight excluding hydrogens is 188 g/mol. The van der Waals surface area contributed by atoms with Crippen molar-refractivity contribution in [3.05, 3.63) is 42.1 Å². The van der Waals surface area contributed by atoms with Crippen molar-refractivity contribution in [3.8, 4) is 5.82 Å². The van der Waals surface area contributed by atoms with Gasteiger partial charge in [-0.05, 0) is 31.2 Å². The Labute approximate surface area is 89.0 Å². The zero-order valence-corrected chi connectivity index (χ0v) is 8.94. The molecule has 0 amide bonds. The maximum atomic E-state index is 4.42. The number of nitrogens with one attached hydrogen (secondary N) is 1. The summed E-state index contributed by atoms with van der Waals surface area (Å²) in [5.41, 5.74) is 2.35. The van der Waals surface area contributed by atoms with Gasteiger partial charge in [0.15, 0.2) is 0 Å². The highest BCUT2D eigenvalue weighted by Gasteiger charge is 2.02. The second-order valence-electron chi connectivity index (χ2n) is 3.48. The van der Waals surface area contributed by atoms with Crippen LogP contribution in [0, 0.1) is 6.92 Å². The van der Waals surface area contributed by atoms with E-state index in [-0.39, 0.29) is 0 Å². The van der Waals surface area contributed by atoms with Crippen molar-refractivity contribution in [2.24, 2.45) is 0 Å². The van der Waals surface area contributed by atoms with Crippen LogP contribution in [0.15, 0.2) is 31.0 Å². The van der Waals surface area contributed by atoms with Gasteiger partial charge in [0.2, 0.25) is 0 Å². The normalized spacial score (nSPS) is 10.5. The number of aromatic nitrogens is 3. The quantitative estimate of drug-likeness (QED) is 0.815. The van der Waals surface area contributed by atoms with E-state index in [1.807, 2.05) is 24.0 Å². The molecular formula is C11H14N4. The number of imidazole rings is 1. The van der Waals surface area contributed by atoms with Crippen molar-refractivity contribution < 1.29 is 0 Å². The molecule has 0 unspecified atom stereocenters. The van der Waals surface area contributed by atoms with Gasteiger partial charge in [-0.2, -0.15) is 0 Å². The fraction of sp³-hybridized carbons (Fsp3) is 0.273. The third-order valence-corrected chi connectivity index (χ3v) is 2.24. The summed E-state index contributed by atoms with van der Waals surface area (Å²) in [6.07, 6.45) is 7.29. The number of rotatable bonds is 3. The highest BCUT2D eigenvalue weighted by atomic mass is 15.1. The van der Waals surface area contributed by atoms with Gasteiger partial charge in [-0.3, -0.25) is 4.57 Å². The van der Waals surface area contributed by atoms with Crippen LogP contribution in [0.25, 0.3) is 5.82 Å². The highest BCUT2D eigenvalue weighted by molar-refractivity contribution is 5.35. The summed E-state index contributed by atoms with van der Waals surface area (Å²) in [6, 6.07) is 2.14. The molecule has 0 aromatic carbocycles. The van der Waals surface area contributed by atoms with Crippen molar-refractivity contribution in [1.29, 1.82) is 0 Å². The minimum atomic E-state index is 0.845. The molecule has 0 aliphatic heterocycles. The monoisotopic (exact) mass is 202 g/mol. The molecule has 0 aliphatic rings. The van der Waals surface area contributed by atoms with E-state index in [2.05, 4.69) is 28.3 Å². The molecule has 0 spiro atoms. The van der Waals surface area contributed by atoms with Crippen LogP contribution in [-0.4, -0.2) is 21.6 Å². The van der Waals surface area contributed by atoms with Crippen LogP contribution >= 0.6 is 0 Å². The molecule has 2 aromatic heterocycles. The molecule has 2 rings (SSSR count). The van der Waals surface area contributed by atoms with Crippen molar-refractivity contribution in [2.45, 2.75) is 13.5 Å². The molecule has 0 bridgehead atoms. The van der Waals surface area contributed by atoms with Gasteiger partial charge in [0.1, 0.15) is 12.1 Å². The van der Waals surface area contributed by atoms with Crippen molar-refractivity contribution >= 4 is 0 Å². The van der Waals surface area contributed by atoms with Gasteiger partial charge in [-0.1, -0.05) is 0 Å². The lowest BCUT2D eigenvalue weighted by Gasteiger charge is -2.07. The van der Waals surface area contributed by atoms with Gasteiger partial charge in [0.25, 0.3) is 0 Å². The van der Waals surface area contributed by atoms with Crippen LogP contribution in [0.3, 0.4) is 0 Å². The SMILES string of the molecule is CNCc1cnc(-n2ccnc2)c(C)c1. The van der Waals surface area contributed by atoms with E-state index in [0.29, 0.717) is 0 Å². The molecule has 2 heterocycles. The smallest absolute Gasteiger partial charge is 0.140 e. The number of pyridine rings is 1. The van der Waals surface area contributed by atoms with E-state index in [9.17, 15) is 0 Å². The molecule has 0 aliphatic carbocycles. The Morgan fingerprint density at radius 1 is 1.47 bits per heavy atom. The fourth-order valence-corrected chi connectivity index (χ4v) is 1.58. The lowest BCUT2D eigenvalue weighted by molar-refractivity contribution is 0.808. The van der Waals surface area contributed by atoms with Crippen molar-refractivity contribution in [2.75, 3.05) is 7.05 Å². The van der Waals surface area contributed by atoms with Crippen LogP contribution < -0.4 is 5.32 Å². The largest absolute Gasteiger partial charge is 0.316 e. The molecule has 15 heavy (non-hydrogen) atoms. The zero-order valence-electron chi connectivity index (χ0n) is 8.94. The maximum Gasteiger partial charge on any atom is 0.140 e. The molecule has 1 N–H and O–H groups in total. The molecule has 0 radical (unpaired) electrons. The van der Waals surface area contributed by atoms with E-state index in [4.69, 9.17) is 0 Å². The molecule has 0 fully saturated rings. The lowest BCUT2D eigenvalue weighted by Crippen LogP contribution is -2.07. The minimum Gasteiger partial charge on any atom is -0.316 e. The van der Waals surface area contributed by atoms with Crippen LogP contribution in [0.1, 0.15) is 11.1 Å². The van der Waals surface area contributed by atoms with Gasteiger partial charge < -0.3 is 5.32 Å². The summed E-state index contributed by atoms with van der Waals surface area (Å²) in [7, 11) is 1.93. The lowest BCUT2D eigenvalue weighted by atomic mass is 10.2. The maximum absolute atomic E-state index is 4.42. The average molecular weight is 202 g/mol. The Hall–Kier alpha value is -1.68. The predicted octanol–water partition coefficient (Wildman–Crippen LogP) is 1.30. The summed E-state index contributed by atoms with van der Waals surface area (Å²) in [5.74, 6) is 0.937. The van der Waals surface area contributed by atoms with Crippen LogP contribution in [0.4, 0.5) is 0 Å². The third kappa shape index (κ3) is 2.05. The summed E-state index contributed by atoms with van der Waals surface area (Å²) >= 11 is 0. The van der Waals surface area contributed by atoms with Crippen LogP contribution in [0.5, 0.6) is 0 Å². The summed E-state index contributed by atoms with van der Waals surface area (Å²) in [6.45, 7) is 2.90. The molecule has 4 heteroatoms. The Bertz CT molecular complexity index is 434. The number of aryl methyl sites for hydroxylation is 1. The molecule has 0 saturated heterocycles. The number of hydrogen-bond acceptors (Lipinski definition) is 3. The third-order valence-electron chi connectivity index (χ3n) is 2.24. The number of nitrogens with zero attached hydrogens (tertiary/aromatic N) is 3. The van der Waals surface area contributed by atoms with E-state index in [0.717, 1.165) is 17.9 Å².